The highest BCUT2D eigenvalue weighted by Gasteiger charge is 2.27. The van der Waals surface area contributed by atoms with Gasteiger partial charge in [0.1, 0.15) is 0 Å². The number of hydrogen-bond donors (Lipinski definition) is 0. The fraction of sp³-hybridized carbons (Fsp3) is 0.529. The van der Waals surface area contributed by atoms with Gasteiger partial charge in [-0.2, -0.15) is 0 Å². The minimum Gasteiger partial charge on any atom is -0.378 e. The third-order valence-electron chi connectivity index (χ3n) is 4.26. The van der Waals surface area contributed by atoms with Gasteiger partial charge in [-0.05, 0) is 24.3 Å². The summed E-state index contributed by atoms with van der Waals surface area (Å²) in [6.45, 7) is 6.73. The van der Waals surface area contributed by atoms with Crippen LogP contribution in [0.25, 0.3) is 0 Å². The van der Waals surface area contributed by atoms with Crippen molar-refractivity contribution in [3.05, 3.63) is 41.7 Å². The standard InChI is InChI=1S/C17H23N5O2/c1-13(2)22-17(18-19-20-22)11-21-8-9-24-12-15(21)10-16(23)14-6-4-3-5-7-14/h3-7,13,15H,8-12H2,1-2H3. The second-order valence-electron chi connectivity index (χ2n) is 6.33. The van der Waals surface area contributed by atoms with Crippen LogP contribution in [-0.2, 0) is 11.3 Å². The van der Waals surface area contributed by atoms with Crippen molar-refractivity contribution in [3.63, 3.8) is 0 Å². The molecule has 1 aromatic heterocycles. The topological polar surface area (TPSA) is 73.1 Å². The molecule has 0 amide bonds. The largest absolute Gasteiger partial charge is 0.378 e. The number of morpholine rings is 1. The average molecular weight is 329 g/mol. The molecule has 24 heavy (non-hydrogen) atoms. The Bertz CT molecular complexity index is 671. The zero-order valence-corrected chi connectivity index (χ0v) is 14.1. The first-order valence-electron chi connectivity index (χ1n) is 8.32. The lowest BCUT2D eigenvalue weighted by Crippen LogP contribution is -2.46. The van der Waals surface area contributed by atoms with Gasteiger partial charge in [0, 0.05) is 24.6 Å². The molecule has 0 bridgehead atoms. The van der Waals surface area contributed by atoms with Crippen LogP contribution in [0.3, 0.4) is 0 Å². The van der Waals surface area contributed by atoms with E-state index in [4.69, 9.17) is 4.74 Å². The number of aromatic nitrogens is 4. The highest BCUT2D eigenvalue weighted by molar-refractivity contribution is 5.96. The van der Waals surface area contributed by atoms with Crippen molar-refractivity contribution in [1.82, 2.24) is 25.1 Å². The number of rotatable bonds is 6. The SMILES string of the molecule is CC(C)n1nnnc1CN1CCOCC1CC(=O)c1ccccc1. The number of ether oxygens (including phenoxy) is 1. The molecule has 0 saturated carbocycles. The van der Waals surface area contributed by atoms with Gasteiger partial charge in [0.25, 0.3) is 0 Å². The van der Waals surface area contributed by atoms with Crippen LogP contribution in [0.2, 0.25) is 0 Å². The van der Waals surface area contributed by atoms with Crippen LogP contribution < -0.4 is 0 Å². The number of Topliss-reactive ketones (excluding diaryl/α,β-unsaturated/α-hetero) is 1. The fourth-order valence-electron chi connectivity index (χ4n) is 2.94. The normalized spacial score (nSPS) is 18.9. The Morgan fingerprint density at radius 2 is 2.12 bits per heavy atom. The number of hydrogen-bond acceptors (Lipinski definition) is 6. The van der Waals surface area contributed by atoms with E-state index in [0.29, 0.717) is 26.2 Å². The Morgan fingerprint density at radius 3 is 2.88 bits per heavy atom. The van der Waals surface area contributed by atoms with Crippen molar-refractivity contribution in [2.75, 3.05) is 19.8 Å². The van der Waals surface area contributed by atoms with E-state index in [2.05, 4.69) is 34.3 Å². The Hall–Kier alpha value is -2.12. The molecule has 1 saturated heterocycles. The van der Waals surface area contributed by atoms with Gasteiger partial charge in [-0.1, -0.05) is 30.3 Å². The number of ketones is 1. The number of benzene rings is 1. The van der Waals surface area contributed by atoms with Crippen LogP contribution in [0.15, 0.2) is 30.3 Å². The van der Waals surface area contributed by atoms with Crippen molar-refractivity contribution in [1.29, 1.82) is 0 Å². The summed E-state index contributed by atoms with van der Waals surface area (Å²) in [4.78, 5) is 14.8. The molecule has 0 aliphatic carbocycles. The number of carbonyl (C=O) groups excluding carboxylic acids is 1. The molecule has 1 fully saturated rings. The highest BCUT2D eigenvalue weighted by Crippen LogP contribution is 2.17. The van der Waals surface area contributed by atoms with E-state index < -0.39 is 0 Å². The van der Waals surface area contributed by atoms with Crippen molar-refractivity contribution < 1.29 is 9.53 Å². The smallest absolute Gasteiger partial charge is 0.165 e. The van der Waals surface area contributed by atoms with E-state index in [1.54, 1.807) is 0 Å². The summed E-state index contributed by atoms with van der Waals surface area (Å²) >= 11 is 0. The number of carbonyl (C=O) groups is 1. The van der Waals surface area contributed by atoms with Crippen LogP contribution in [0.4, 0.5) is 0 Å². The third kappa shape index (κ3) is 3.85. The molecule has 7 nitrogen and oxygen atoms in total. The highest BCUT2D eigenvalue weighted by atomic mass is 16.5. The molecule has 1 aliphatic heterocycles. The minimum absolute atomic E-state index is 0.0452. The lowest BCUT2D eigenvalue weighted by molar-refractivity contribution is -0.0143. The number of nitrogens with zero attached hydrogens (tertiary/aromatic N) is 5. The summed E-state index contributed by atoms with van der Waals surface area (Å²) in [5.74, 6) is 0.962. The lowest BCUT2D eigenvalue weighted by Gasteiger charge is -2.34. The maximum absolute atomic E-state index is 12.5. The molecule has 3 rings (SSSR count). The van der Waals surface area contributed by atoms with E-state index in [9.17, 15) is 4.79 Å². The minimum atomic E-state index is 0.0452. The quantitative estimate of drug-likeness (QED) is 0.752. The summed E-state index contributed by atoms with van der Waals surface area (Å²) in [7, 11) is 0. The fourth-order valence-corrected chi connectivity index (χ4v) is 2.94. The summed E-state index contributed by atoms with van der Waals surface area (Å²) in [5, 5.41) is 12.0. The van der Waals surface area contributed by atoms with Gasteiger partial charge in [-0.3, -0.25) is 9.69 Å². The van der Waals surface area contributed by atoms with Crippen LogP contribution in [-0.4, -0.2) is 56.7 Å². The van der Waals surface area contributed by atoms with E-state index in [-0.39, 0.29) is 17.9 Å². The van der Waals surface area contributed by atoms with Crippen molar-refractivity contribution >= 4 is 5.78 Å². The summed E-state index contributed by atoms with van der Waals surface area (Å²) in [6.07, 6.45) is 0.438. The van der Waals surface area contributed by atoms with Gasteiger partial charge < -0.3 is 4.74 Å². The van der Waals surface area contributed by atoms with Gasteiger partial charge in [0.2, 0.25) is 0 Å². The van der Waals surface area contributed by atoms with Gasteiger partial charge in [-0.15, -0.1) is 5.10 Å². The molecule has 1 unspecified atom stereocenters. The molecule has 1 aliphatic rings. The summed E-state index contributed by atoms with van der Waals surface area (Å²) in [6, 6.07) is 9.66. The molecule has 0 N–H and O–H groups in total. The van der Waals surface area contributed by atoms with E-state index in [0.717, 1.165) is 17.9 Å². The summed E-state index contributed by atoms with van der Waals surface area (Å²) < 4.78 is 7.42. The molecule has 2 aromatic rings. The Balaban J connectivity index is 1.69. The second kappa shape index (κ2) is 7.63. The van der Waals surface area contributed by atoms with E-state index in [1.807, 2.05) is 35.0 Å². The first-order chi connectivity index (χ1) is 11.6. The molecule has 1 aromatic carbocycles. The third-order valence-corrected chi connectivity index (χ3v) is 4.26. The summed E-state index contributed by atoms with van der Waals surface area (Å²) in [5.41, 5.74) is 0.745. The van der Waals surface area contributed by atoms with Gasteiger partial charge in [0.05, 0.1) is 25.8 Å². The van der Waals surface area contributed by atoms with Crippen LogP contribution in [0.5, 0.6) is 0 Å². The maximum atomic E-state index is 12.5. The van der Waals surface area contributed by atoms with Crippen LogP contribution >= 0.6 is 0 Å². The van der Waals surface area contributed by atoms with E-state index in [1.165, 1.54) is 0 Å². The Morgan fingerprint density at radius 1 is 1.33 bits per heavy atom. The Kier molecular flexibility index (Phi) is 5.32. The lowest BCUT2D eigenvalue weighted by atomic mass is 10.0. The average Bonchev–Trinajstić information content (AvgIpc) is 3.06. The predicted molar refractivity (Wildman–Crippen MR) is 88.6 cm³/mol. The molecule has 128 valence electrons. The van der Waals surface area contributed by atoms with Gasteiger partial charge in [0.15, 0.2) is 11.6 Å². The number of tetrazole rings is 1. The van der Waals surface area contributed by atoms with Crippen molar-refractivity contribution in [2.45, 2.75) is 38.9 Å². The monoisotopic (exact) mass is 329 g/mol. The van der Waals surface area contributed by atoms with Gasteiger partial charge in [-0.25, -0.2) is 4.68 Å². The predicted octanol–water partition coefficient (Wildman–Crippen LogP) is 1.73. The molecule has 2 heterocycles. The zero-order valence-electron chi connectivity index (χ0n) is 14.1. The first-order valence-corrected chi connectivity index (χ1v) is 8.32. The molecule has 1 atom stereocenters. The van der Waals surface area contributed by atoms with Crippen molar-refractivity contribution in [2.24, 2.45) is 0 Å². The molecule has 0 radical (unpaired) electrons. The maximum Gasteiger partial charge on any atom is 0.165 e. The second-order valence-corrected chi connectivity index (χ2v) is 6.33. The van der Waals surface area contributed by atoms with Crippen LogP contribution in [0, 0.1) is 0 Å². The molecule has 7 heteroatoms. The molecule has 0 spiro atoms. The van der Waals surface area contributed by atoms with Crippen molar-refractivity contribution in [3.8, 4) is 0 Å². The van der Waals surface area contributed by atoms with Gasteiger partial charge >= 0.3 is 0 Å². The van der Waals surface area contributed by atoms with E-state index >= 15 is 0 Å². The van der Waals surface area contributed by atoms with Crippen LogP contribution in [0.1, 0.15) is 42.5 Å². The zero-order chi connectivity index (χ0) is 16.9. The Labute approximate surface area is 141 Å². The molecular formula is C17H23N5O2. The molecular weight excluding hydrogens is 306 g/mol. The first kappa shape index (κ1) is 16.7.